The Balaban J connectivity index is 1.82. The van der Waals surface area contributed by atoms with Crippen LogP contribution in [0.25, 0.3) is 0 Å². The first kappa shape index (κ1) is 21.0. The van der Waals surface area contributed by atoms with Gasteiger partial charge in [0.1, 0.15) is 6.54 Å². The van der Waals surface area contributed by atoms with Crippen molar-refractivity contribution in [2.45, 2.75) is 38.1 Å². The number of imidazole rings is 1. The minimum Gasteiger partial charge on any atom is -0.390 e. The Morgan fingerprint density at radius 1 is 1.15 bits per heavy atom. The molecule has 0 radical (unpaired) electrons. The number of aliphatic hydroxyl groups is 1. The summed E-state index contributed by atoms with van der Waals surface area (Å²) >= 11 is 1.25. The maximum Gasteiger partial charge on any atom is 0.240 e. The molecule has 0 spiro atoms. The van der Waals surface area contributed by atoms with Gasteiger partial charge >= 0.3 is 0 Å². The van der Waals surface area contributed by atoms with E-state index in [1.165, 1.54) is 23.5 Å². The quantitative estimate of drug-likeness (QED) is 0.504. The molecule has 2 rings (SSSR count). The molecular weight excluding hydrogens is 364 g/mol. The Bertz CT molecular complexity index is 734. The van der Waals surface area contributed by atoms with E-state index in [9.17, 15) is 14.7 Å². The van der Waals surface area contributed by atoms with Gasteiger partial charge in [0.25, 0.3) is 0 Å². The molecule has 0 unspecified atom stereocenters. The summed E-state index contributed by atoms with van der Waals surface area (Å²) in [6.07, 6.45) is 3.16. The van der Waals surface area contributed by atoms with Gasteiger partial charge in [-0.2, -0.15) is 0 Å². The molecule has 7 nitrogen and oxygen atoms in total. The van der Waals surface area contributed by atoms with Gasteiger partial charge < -0.3 is 20.3 Å². The second kappa shape index (κ2) is 11.4. The van der Waals surface area contributed by atoms with E-state index in [1.807, 2.05) is 37.3 Å². The van der Waals surface area contributed by atoms with Crippen molar-refractivity contribution in [3.63, 3.8) is 0 Å². The molecule has 2 aromatic rings. The molecule has 8 heteroatoms. The molecule has 1 aromatic carbocycles. The van der Waals surface area contributed by atoms with Crippen LogP contribution in [0.2, 0.25) is 0 Å². The summed E-state index contributed by atoms with van der Waals surface area (Å²) in [4.78, 5) is 28.3. The fourth-order valence-electron chi connectivity index (χ4n) is 2.44. The summed E-state index contributed by atoms with van der Waals surface area (Å²) in [6.45, 7) is 3.02. The van der Waals surface area contributed by atoms with Crippen LogP contribution in [0.3, 0.4) is 0 Å². The predicted octanol–water partition coefficient (Wildman–Crippen LogP) is 1.35. The van der Waals surface area contributed by atoms with Crippen molar-refractivity contribution in [1.82, 2.24) is 20.2 Å². The van der Waals surface area contributed by atoms with Gasteiger partial charge in [0, 0.05) is 13.1 Å². The van der Waals surface area contributed by atoms with Crippen molar-refractivity contribution in [3.05, 3.63) is 47.8 Å². The van der Waals surface area contributed by atoms with Gasteiger partial charge in [-0.1, -0.05) is 49.0 Å². The van der Waals surface area contributed by atoms with E-state index in [0.717, 1.165) is 12.8 Å². The van der Waals surface area contributed by atoms with Crippen molar-refractivity contribution in [2.75, 3.05) is 18.8 Å². The highest BCUT2D eigenvalue weighted by molar-refractivity contribution is 7.99. The van der Waals surface area contributed by atoms with E-state index < -0.39 is 0 Å². The third-order valence-electron chi connectivity index (χ3n) is 3.85. The Morgan fingerprint density at radius 2 is 1.89 bits per heavy atom. The number of rotatable bonds is 11. The van der Waals surface area contributed by atoms with E-state index >= 15 is 0 Å². The molecule has 3 N–H and O–H groups in total. The zero-order valence-corrected chi connectivity index (χ0v) is 16.3. The lowest BCUT2D eigenvalue weighted by atomic mass is 10.1. The van der Waals surface area contributed by atoms with Crippen LogP contribution in [0, 0.1) is 0 Å². The molecule has 0 saturated carbocycles. The van der Waals surface area contributed by atoms with Crippen molar-refractivity contribution in [1.29, 1.82) is 0 Å². The summed E-state index contributed by atoms with van der Waals surface area (Å²) in [5, 5.41) is 15.7. The number of thioether (sulfide) groups is 1. The molecule has 0 aliphatic carbocycles. The van der Waals surface area contributed by atoms with Crippen molar-refractivity contribution in [3.8, 4) is 0 Å². The number of benzene rings is 1. The van der Waals surface area contributed by atoms with Gasteiger partial charge in [0.05, 0.1) is 24.3 Å². The zero-order valence-electron chi connectivity index (χ0n) is 15.5. The van der Waals surface area contributed by atoms with Crippen LogP contribution >= 0.6 is 11.8 Å². The highest BCUT2D eigenvalue weighted by atomic mass is 32.2. The molecule has 0 fully saturated rings. The third-order valence-corrected chi connectivity index (χ3v) is 4.84. The Hall–Kier alpha value is -2.32. The molecule has 0 bridgehead atoms. The smallest absolute Gasteiger partial charge is 0.240 e. The van der Waals surface area contributed by atoms with E-state index in [4.69, 9.17) is 0 Å². The molecule has 0 aliphatic heterocycles. The fourth-order valence-corrected chi connectivity index (χ4v) is 3.27. The number of carbonyl (C=O) groups is 2. The van der Waals surface area contributed by atoms with Crippen LogP contribution in [-0.2, 0) is 29.2 Å². The maximum atomic E-state index is 12.1. The Labute approximate surface area is 163 Å². The van der Waals surface area contributed by atoms with Crippen LogP contribution in [0.5, 0.6) is 0 Å². The number of nitrogens with zero attached hydrogens (tertiary/aromatic N) is 2. The molecule has 0 atom stereocenters. The van der Waals surface area contributed by atoms with E-state index in [0.29, 0.717) is 23.9 Å². The second-order valence-electron chi connectivity index (χ2n) is 6.00. The molecule has 1 heterocycles. The summed E-state index contributed by atoms with van der Waals surface area (Å²) in [5.74, 6) is -0.0297. The van der Waals surface area contributed by atoms with Crippen molar-refractivity contribution in [2.24, 2.45) is 0 Å². The second-order valence-corrected chi connectivity index (χ2v) is 6.94. The number of aromatic nitrogens is 2. The van der Waals surface area contributed by atoms with Gasteiger partial charge in [-0.05, 0) is 18.4 Å². The van der Waals surface area contributed by atoms with Crippen LogP contribution in [0.1, 0.15) is 24.6 Å². The molecule has 1 aromatic heterocycles. The highest BCUT2D eigenvalue weighted by Gasteiger charge is 2.14. The van der Waals surface area contributed by atoms with E-state index in [1.54, 1.807) is 4.57 Å². The SMILES string of the molecule is CCCNC(=O)Cn1c(CO)cnc1SCC(=O)NCCc1ccccc1. The van der Waals surface area contributed by atoms with Crippen molar-refractivity contribution < 1.29 is 14.7 Å². The minimum atomic E-state index is -0.210. The van der Waals surface area contributed by atoms with Crippen molar-refractivity contribution >= 4 is 23.6 Å². The largest absolute Gasteiger partial charge is 0.390 e. The normalized spacial score (nSPS) is 10.6. The first-order chi connectivity index (χ1) is 13.1. The lowest BCUT2D eigenvalue weighted by Gasteiger charge is -2.11. The summed E-state index contributed by atoms with van der Waals surface area (Å²) in [5.41, 5.74) is 1.72. The average Bonchev–Trinajstić information content (AvgIpc) is 3.07. The van der Waals surface area contributed by atoms with Gasteiger partial charge in [-0.25, -0.2) is 4.98 Å². The number of nitrogens with one attached hydrogen (secondary N) is 2. The van der Waals surface area contributed by atoms with Crippen LogP contribution < -0.4 is 10.6 Å². The number of aliphatic hydroxyl groups excluding tert-OH is 1. The standard InChI is InChI=1S/C19H26N4O3S/c1-2-9-20-17(25)12-23-16(13-24)11-22-19(23)27-14-18(26)21-10-8-15-6-4-3-5-7-15/h3-7,11,24H,2,8-10,12-14H2,1H3,(H,20,25)(H,21,26). The topological polar surface area (TPSA) is 96.2 Å². The Kier molecular flexibility index (Phi) is 8.86. The minimum absolute atomic E-state index is 0.0772. The monoisotopic (exact) mass is 390 g/mol. The third kappa shape index (κ3) is 7.07. The Morgan fingerprint density at radius 3 is 2.59 bits per heavy atom. The number of hydrogen-bond acceptors (Lipinski definition) is 5. The molecule has 0 aliphatic rings. The summed E-state index contributed by atoms with van der Waals surface area (Å²) < 4.78 is 1.65. The first-order valence-corrected chi connectivity index (χ1v) is 9.98. The molecule has 0 saturated heterocycles. The van der Waals surface area contributed by atoms with Gasteiger partial charge in [0.2, 0.25) is 11.8 Å². The molecule has 2 amide bonds. The van der Waals surface area contributed by atoms with Crippen LogP contribution in [0.15, 0.2) is 41.7 Å². The van der Waals surface area contributed by atoms with Crippen LogP contribution in [-0.4, -0.2) is 45.3 Å². The fraction of sp³-hybridized carbons (Fsp3) is 0.421. The van der Waals surface area contributed by atoms with Crippen LogP contribution in [0.4, 0.5) is 0 Å². The zero-order chi connectivity index (χ0) is 19.5. The van der Waals surface area contributed by atoms with E-state index in [-0.39, 0.29) is 30.7 Å². The van der Waals surface area contributed by atoms with Gasteiger partial charge in [0.15, 0.2) is 5.16 Å². The predicted molar refractivity (Wildman–Crippen MR) is 105 cm³/mol. The number of hydrogen-bond donors (Lipinski definition) is 3. The first-order valence-electron chi connectivity index (χ1n) is 8.99. The van der Waals surface area contributed by atoms with Gasteiger partial charge in [-0.3, -0.25) is 9.59 Å². The molecule has 27 heavy (non-hydrogen) atoms. The maximum absolute atomic E-state index is 12.1. The molecular formula is C19H26N4O3S. The van der Waals surface area contributed by atoms with Gasteiger partial charge in [-0.15, -0.1) is 0 Å². The number of carbonyl (C=O) groups excluding carboxylic acids is 2. The highest BCUT2D eigenvalue weighted by Crippen LogP contribution is 2.18. The lowest BCUT2D eigenvalue weighted by molar-refractivity contribution is -0.122. The number of amides is 2. The van der Waals surface area contributed by atoms with E-state index in [2.05, 4.69) is 15.6 Å². The molecule has 146 valence electrons. The summed E-state index contributed by atoms with van der Waals surface area (Å²) in [7, 11) is 0. The lowest BCUT2D eigenvalue weighted by Crippen LogP contribution is -2.29. The summed E-state index contributed by atoms with van der Waals surface area (Å²) in [6, 6.07) is 9.96. The average molecular weight is 391 g/mol.